The monoisotopic (exact) mass is 296 g/mol. The van der Waals surface area contributed by atoms with Crippen molar-refractivity contribution >= 4 is 0 Å². The van der Waals surface area contributed by atoms with Crippen LogP contribution >= 0.6 is 0 Å². The van der Waals surface area contributed by atoms with Crippen molar-refractivity contribution in [1.82, 2.24) is 5.43 Å². The van der Waals surface area contributed by atoms with Crippen LogP contribution < -0.4 is 11.3 Å². The second-order valence-electron chi connectivity index (χ2n) is 6.30. The van der Waals surface area contributed by atoms with Gasteiger partial charge in [0.05, 0.1) is 11.6 Å². The van der Waals surface area contributed by atoms with Crippen molar-refractivity contribution in [2.75, 3.05) is 6.61 Å². The Kier molecular flexibility index (Phi) is 4.24. The van der Waals surface area contributed by atoms with E-state index in [0.717, 1.165) is 31.7 Å². The molecule has 1 aromatic rings. The first-order valence-corrected chi connectivity index (χ1v) is 7.69. The van der Waals surface area contributed by atoms with Crippen molar-refractivity contribution in [2.24, 2.45) is 11.8 Å². The van der Waals surface area contributed by atoms with E-state index in [1.54, 1.807) is 0 Å². The van der Waals surface area contributed by atoms with E-state index in [-0.39, 0.29) is 17.6 Å². The Balaban J connectivity index is 1.84. The maximum Gasteiger partial charge on any atom is 0.128 e. The number of hydrazine groups is 1. The van der Waals surface area contributed by atoms with Crippen molar-refractivity contribution < 1.29 is 13.5 Å². The molecule has 0 aromatic heterocycles. The first-order chi connectivity index (χ1) is 10.1. The highest BCUT2D eigenvalue weighted by molar-refractivity contribution is 5.23. The van der Waals surface area contributed by atoms with Gasteiger partial charge >= 0.3 is 0 Å². The summed E-state index contributed by atoms with van der Waals surface area (Å²) >= 11 is 0. The molecule has 1 saturated carbocycles. The molecule has 3 rings (SSSR count). The van der Waals surface area contributed by atoms with Gasteiger partial charge in [0, 0.05) is 12.2 Å². The molecule has 2 atom stereocenters. The predicted molar refractivity (Wildman–Crippen MR) is 76.3 cm³/mol. The molecule has 116 valence electrons. The highest BCUT2D eigenvalue weighted by atomic mass is 19.1. The van der Waals surface area contributed by atoms with Crippen molar-refractivity contribution in [1.29, 1.82) is 0 Å². The van der Waals surface area contributed by atoms with Gasteiger partial charge in [0.25, 0.3) is 0 Å². The highest BCUT2D eigenvalue weighted by Gasteiger charge is 2.42. The third kappa shape index (κ3) is 2.96. The molecule has 0 amide bonds. The third-order valence-electron chi connectivity index (χ3n) is 4.99. The normalized spacial score (nSPS) is 26.1. The van der Waals surface area contributed by atoms with Crippen LogP contribution in [0.2, 0.25) is 0 Å². The Hall–Kier alpha value is -1.04. The molecule has 1 spiro atoms. The van der Waals surface area contributed by atoms with Gasteiger partial charge in [-0.1, -0.05) is 12.8 Å². The van der Waals surface area contributed by atoms with Gasteiger partial charge in [0.1, 0.15) is 11.6 Å². The van der Waals surface area contributed by atoms with Crippen molar-refractivity contribution in [3.8, 4) is 0 Å². The average Bonchev–Trinajstić information content (AvgIpc) is 2.91. The lowest BCUT2D eigenvalue weighted by atomic mass is 9.78. The second-order valence-corrected chi connectivity index (χ2v) is 6.30. The van der Waals surface area contributed by atoms with E-state index >= 15 is 0 Å². The largest absolute Gasteiger partial charge is 0.375 e. The zero-order valence-corrected chi connectivity index (χ0v) is 12.1. The lowest BCUT2D eigenvalue weighted by Gasteiger charge is -2.41. The predicted octanol–water partition coefficient (Wildman–Crippen LogP) is 3.21. The summed E-state index contributed by atoms with van der Waals surface area (Å²) in [5.41, 5.74) is 2.95. The summed E-state index contributed by atoms with van der Waals surface area (Å²) in [6, 6.07) is 3.17. The Labute approximate surface area is 123 Å². The van der Waals surface area contributed by atoms with Crippen molar-refractivity contribution in [3.63, 3.8) is 0 Å². The molecule has 5 heteroatoms. The summed E-state index contributed by atoms with van der Waals surface area (Å²) in [5.74, 6) is 4.98. The summed E-state index contributed by atoms with van der Waals surface area (Å²) in [6.07, 6.45) is 6.16. The first-order valence-electron chi connectivity index (χ1n) is 7.69. The van der Waals surface area contributed by atoms with E-state index in [1.165, 1.54) is 25.0 Å². The van der Waals surface area contributed by atoms with Crippen LogP contribution in [-0.4, -0.2) is 12.2 Å². The summed E-state index contributed by atoms with van der Waals surface area (Å²) in [7, 11) is 0. The van der Waals surface area contributed by atoms with E-state index in [0.29, 0.717) is 12.2 Å². The Bertz CT molecular complexity index is 503. The van der Waals surface area contributed by atoms with Crippen molar-refractivity contribution in [2.45, 2.75) is 50.2 Å². The average molecular weight is 296 g/mol. The topological polar surface area (TPSA) is 47.3 Å². The maximum absolute atomic E-state index is 14.0. The lowest BCUT2D eigenvalue weighted by molar-refractivity contribution is -0.0984. The number of nitrogens with one attached hydrogen (secondary N) is 1. The standard InChI is InChI=1S/C16H22F2N2O/c17-12-3-4-14(18)13(9-12)15(20-19)11-5-8-21-16(10-11)6-1-2-7-16/h3-4,9,11,15,20H,1-2,5-8,10,19H2. The molecule has 21 heavy (non-hydrogen) atoms. The molecule has 0 radical (unpaired) electrons. The third-order valence-corrected chi connectivity index (χ3v) is 4.99. The highest BCUT2D eigenvalue weighted by Crippen LogP contribution is 2.45. The van der Waals surface area contributed by atoms with Crippen LogP contribution in [-0.2, 0) is 4.74 Å². The lowest BCUT2D eigenvalue weighted by Crippen LogP contribution is -2.43. The van der Waals surface area contributed by atoms with Crippen molar-refractivity contribution in [3.05, 3.63) is 35.4 Å². The molecule has 3 nitrogen and oxygen atoms in total. The van der Waals surface area contributed by atoms with Crippen LogP contribution in [0.1, 0.15) is 50.1 Å². The summed E-state index contributed by atoms with van der Waals surface area (Å²) in [5, 5.41) is 0. The number of benzene rings is 1. The maximum atomic E-state index is 14.0. The fourth-order valence-electron chi connectivity index (χ4n) is 3.95. The van der Waals surface area contributed by atoms with E-state index in [9.17, 15) is 8.78 Å². The molecule has 1 heterocycles. The molecule has 1 aliphatic heterocycles. The number of halogens is 2. The minimum absolute atomic E-state index is 0.0676. The molecule has 0 bridgehead atoms. The Morgan fingerprint density at radius 1 is 1.29 bits per heavy atom. The molecular formula is C16H22F2N2O. The molecule has 2 aliphatic rings. The van der Waals surface area contributed by atoms with Crippen LogP contribution in [0.5, 0.6) is 0 Å². The Morgan fingerprint density at radius 3 is 2.76 bits per heavy atom. The quantitative estimate of drug-likeness (QED) is 0.665. The minimum atomic E-state index is -0.436. The van der Waals surface area contributed by atoms with Gasteiger partial charge in [0.2, 0.25) is 0 Å². The van der Waals surface area contributed by atoms with Crippen LogP contribution in [0.15, 0.2) is 18.2 Å². The first kappa shape index (κ1) is 14.9. The smallest absolute Gasteiger partial charge is 0.128 e. The van der Waals surface area contributed by atoms with Crippen LogP contribution in [0.3, 0.4) is 0 Å². The molecule has 1 saturated heterocycles. The van der Waals surface area contributed by atoms with E-state index in [4.69, 9.17) is 10.6 Å². The fraction of sp³-hybridized carbons (Fsp3) is 0.625. The van der Waals surface area contributed by atoms with Gasteiger partial charge in [0.15, 0.2) is 0 Å². The van der Waals surface area contributed by atoms with E-state index in [1.807, 2.05) is 0 Å². The van der Waals surface area contributed by atoms with Crippen LogP contribution in [0.4, 0.5) is 8.78 Å². The SMILES string of the molecule is NNC(c1cc(F)ccc1F)C1CCOC2(CCCC2)C1. The second kappa shape index (κ2) is 5.99. The number of ether oxygens (including phenoxy) is 1. The zero-order chi connectivity index (χ0) is 14.9. The van der Waals surface area contributed by atoms with Gasteiger partial charge in [-0.2, -0.15) is 0 Å². The number of nitrogens with two attached hydrogens (primary N) is 1. The molecule has 2 unspecified atom stereocenters. The van der Waals surface area contributed by atoms with Gasteiger partial charge in [-0.25, -0.2) is 8.78 Å². The minimum Gasteiger partial charge on any atom is -0.375 e. The zero-order valence-electron chi connectivity index (χ0n) is 12.1. The summed E-state index contributed by atoms with van der Waals surface area (Å²) in [4.78, 5) is 0. The van der Waals surface area contributed by atoms with E-state index < -0.39 is 11.6 Å². The van der Waals surface area contributed by atoms with Crippen LogP contribution in [0, 0.1) is 17.6 Å². The van der Waals surface area contributed by atoms with E-state index in [2.05, 4.69) is 5.43 Å². The molecule has 1 aliphatic carbocycles. The number of rotatable bonds is 3. The van der Waals surface area contributed by atoms with Gasteiger partial charge in [-0.05, 0) is 49.8 Å². The molecular weight excluding hydrogens is 274 g/mol. The van der Waals surface area contributed by atoms with Gasteiger partial charge < -0.3 is 4.74 Å². The fourth-order valence-corrected chi connectivity index (χ4v) is 3.95. The molecule has 1 aromatic carbocycles. The number of hydrogen-bond donors (Lipinski definition) is 2. The molecule has 3 N–H and O–H groups in total. The van der Waals surface area contributed by atoms with Crippen LogP contribution in [0.25, 0.3) is 0 Å². The summed E-state index contributed by atoms with van der Waals surface area (Å²) < 4.78 is 33.5. The number of hydrogen-bond acceptors (Lipinski definition) is 3. The summed E-state index contributed by atoms with van der Waals surface area (Å²) in [6.45, 7) is 0.666. The Morgan fingerprint density at radius 2 is 2.05 bits per heavy atom. The molecule has 2 fully saturated rings. The van der Waals surface area contributed by atoms with Gasteiger partial charge in [-0.15, -0.1) is 0 Å². The van der Waals surface area contributed by atoms with Gasteiger partial charge in [-0.3, -0.25) is 11.3 Å².